The Kier molecular flexibility index (Phi) is 3.28. The zero-order valence-corrected chi connectivity index (χ0v) is 8.74. The van der Waals surface area contributed by atoms with Gasteiger partial charge in [0.15, 0.2) is 11.5 Å². The summed E-state index contributed by atoms with van der Waals surface area (Å²) in [6.07, 6.45) is 5.91. The Morgan fingerprint density at radius 3 is 2.73 bits per heavy atom. The van der Waals surface area contributed by atoms with Crippen LogP contribution in [0.4, 0.5) is 0 Å². The number of hydrogen-bond acceptors (Lipinski definition) is 2. The van der Waals surface area contributed by atoms with E-state index < -0.39 is 0 Å². The molecule has 2 rings (SSSR count). The summed E-state index contributed by atoms with van der Waals surface area (Å²) in [6, 6.07) is 7.73. The minimum absolute atomic E-state index is 0.790. The van der Waals surface area contributed by atoms with Crippen LogP contribution in [0.15, 0.2) is 39.4 Å². The highest BCUT2D eigenvalue weighted by atomic mass is 16.4. The van der Waals surface area contributed by atoms with E-state index in [0.717, 1.165) is 43.0 Å². The highest BCUT2D eigenvalue weighted by Gasteiger charge is 2.06. The first-order chi connectivity index (χ1) is 7.40. The van der Waals surface area contributed by atoms with Crippen molar-refractivity contribution in [2.75, 3.05) is 0 Å². The van der Waals surface area contributed by atoms with Gasteiger partial charge in [0.2, 0.25) is 0 Å². The lowest BCUT2D eigenvalue weighted by molar-refractivity contribution is 0.484. The van der Waals surface area contributed by atoms with Crippen molar-refractivity contribution in [3.8, 4) is 11.5 Å². The van der Waals surface area contributed by atoms with Crippen LogP contribution in [0.3, 0.4) is 0 Å². The first-order valence-electron chi connectivity index (χ1n) is 5.32. The lowest BCUT2D eigenvalue weighted by Gasteiger charge is -1.95. The molecule has 1 radical (unpaired) electrons. The van der Waals surface area contributed by atoms with Crippen molar-refractivity contribution in [1.82, 2.24) is 0 Å². The van der Waals surface area contributed by atoms with Gasteiger partial charge in [0.05, 0.1) is 6.26 Å². The minimum atomic E-state index is 0.790. The van der Waals surface area contributed by atoms with Gasteiger partial charge in [0, 0.05) is 6.42 Å². The molecule has 0 aliphatic heterocycles. The molecule has 2 heterocycles. The summed E-state index contributed by atoms with van der Waals surface area (Å²) in [5.74, 6) is 2.62. The van der Waals surface area contributed by atoms with Crippen molar-refractivity contribution in [2.24, 2.45) is 0 Å². The molecule has 0 unspecified atom stereocenters. The fourth-order valence-corrected chi connectivity index (χ4v) is 1.54. The Hall–Kier alpha value is -1.44. The first kappa shape index (κ1) is 10.1. The Bertz CT molecular complexity index is 384. The molecule has 2 nitrogen and oxygen atoms in total. The van der Waals surface area contributed by atoms with Crippen LogP contribution in [0.1, 0.15) is 25.0 Å². The van der Waals surface area contributed by atoms with Gasteiger partial charge in [0.1, 0.15) is 5.76 Å². The van der Waals surface area contributed by atoms with E-state index in [1.54, 1.807) is 6.26 Å². The fraction of sp³-hybridized carbons (Fsp3) is 0.308. The van der Waals surface area contributed by atoms with Gasteiger partial charge in [-0.2, -0.15) is 0 Å². The van der Waals surface area contributed by atoms with E-state index in [0.29, 0.717) is 0 Å². The predicted octanol–water partition coefficient (Wildman–Crippen LogP) is 4.09. The van der Waals surface area contributed by atoms with E-state index in [-0.39, 0.29) is 0 Å². The molecule has 0 bridgehead atoms. The van der Waals surface area contributed by atoms with Crippen molar-refractivity contribution in [3.05, 3.63) is 43.2 Å². The largest absolute Gasteiger partial charge is 0.461 e. The number of aryl methyl sites for hydroxylation is 1. The highest BCUT2D eigenvalue weighted by Crippen LogP contribution is 2.23. The Morgan fingerprint density at radius 2 is 2.00 bits per heavy atom. The topological polar surface area (TPSA) is 26.3 Å². The van der Waals surface area contributed by atoms with Gasteiger partial charge in [-0.25, -0.2) is 0 Å². The Morgan fingerprint density at radius 1 is 1.07 bits per heavy atom. The molecule has 0 saturated carbocycles. The quantitative estimate of drug-likeness (QED) is 0.684. The van der Waals surface area contributed by atoms with Crippen molar-refractivity contribution >= 4 is 0 Å². The summed E-state index contributed by atoms with van der Waals surface area (Å²) >= 11 is 0. The summed E-state index contributed by atoms with van der Waals surface area (Å²) in [4.78, 5) is 0. The molecule has 0 saturated heterocycles. The predicted molar refractivity (Wildman–Crippen MR) is 59.3 cm³/mol. The normalized spacial score (nSPS) is 10.7. The van der Waals surface area contributed by atoms with Crippen LogP contribution in [0.5, 0.6) is 0 Å². The zero-order valence-electron chi connectivity index (χ0n) is 8.74. The molecule has 0 aliphatic rings. The summed E-state index contributed by atoms with van der Waals surface area (Å²) < 4.78 is 10.9. The van der Waals surface area contributed by atoms with Gasteiger partial charge in [-0.3, -0.25) is 0 Å². The van der Waals surface area contributed by atoms with E-state index in [1.807, 2.05) is 24.3 Å². The van der Waals surface area contributed by atoms with E-state index >= 15 is 0 Å². The molecule has 0 spiro atoms. The molecule has 0 aliphatic carbocycles. The SMILES string of the molecule is [CH2]CCCCc1ccc(-c2ccco2)o1. The molecule has 0 fully saturated rings. The summed E-state index contributed by atoms with van der Waals surface area (Å²) in [5.41, 5.74) is 0. The van der Waals surface area contributed by atoms with Crippen LogP contribution in [0.2, 0.25) is 0 Å². The van der Waals surface area contributed by atoms with Crippen molar-refractivity contribution in [3.63, 3.8) is 0 Å². The molecule has 0 aromatic carbocycles. The van der Waals surface area contributed by atoms with Crippen LogP contribution in [-0.2, 0) is 6.42 Å². The summed E-state index contributed by atoms with van der Waals surface area (Å²) in [6.45, 7) is 3.82. The molecule has 2 heteroatoms. The Labute approximate surface area is 89.9 Å². The molecule has 0 amide bonds. The fourth-order valence-electron chi connectivity index (χ4n) is 1.54. The van der Waals surface area contributed by atoms with E-state index in [9.17, 15) is 0 Å². The van der Waals surface area contributed by atoms with E-state index in [2.05, 4.69) is 6.92 Å². The summed E-state index contributed by atoms with van der Waals surface area (Å²) in [5, 5.41) is 0. The van der Waals surface area contributed by atoms with Gasteiger partial charge >= 0.3 is 0 Å². The lowest BCUT2D eigenvalue weighted by Crippen LogP contribution is -1.80. The van der Waals surface area contributed by atoms with Crippen LogP contribution in [0, 0.1) is 6.92 Å². The van der Waals surface area contributed by atoms with Crippen molar-refractivity contribution < 1.29 is 8.83 Å². The second-order valence-corrected chi connectivity index (χ2v) is 3.55. The zero-order chi connectivity index (χ0) is 10.5. The average molecular weight is 203 g/mol. The standard InChI is InChI=1S/C13H15O2/c1-2-3-4-6-11-8-9-13(15-11)12-7-5-10-14-12/h5,7-10H,1-4,6H2. The average Bonchev–Trinajstić information content (AvgIpc) is 2.87. The second kappa shape index (κ2) is 4.87. The molecule has 15 heavy (non-hydrogen) atoms. The lowest BCUT2D eigenvalue weighted by atomic mass is 10.2. The van der Waals surface area contributed by atoms with Crippen LogP contribution >= 0.6 is 0 Å². The third-order valence-electron chi connectivity index (χ3n) is 2.35. The van der Waals surface area contributed by atoms with Gasteiger partial charge in [-0.05, 0) is 30.7 Å². The molecule has 79 valence electrons. The van der Waals surface area contributed by atoms with Gasteiger partial charge in [0.25, 0.3) is 0 Å². The van der Waals surface area contributed by atoms with Gasteiger partial charge in [-0.15, -0.1) is 0 Å². The maximum atomic E-state index is 5.66. The third-order valence-corrected chi connectivity index (χ3v) is 2.35. The van der Waals surface area contributed by atoms with Crippen LogP contribution < -0.4 is 0 Å². The van der Waals surface area contributed by atoms with Crippen molar-refractivity contribution in [2.45, 2.75) is 25.7 Å². The first-order valence-corrected chi connectivity index (χ1v) is 5.32. The summed E-state index contributed by atoms with van der Waals surface area (Å²) in [7, 11) is 0. The molecule has 2 aromatic rings. The highest BCUT2D eigenvalue weighted by molar-refractivity contribution is 5.49. The number of furan rings is 2. The van der Waals surface area contributed by atoms with E-state index in [4.69, 9.17) is 8.83 Å². The van der Waals surface area contributed by atoms with Gasteiger partial charge < -0.3 is 8.83 Å². The van der Waals surface area contributed by atoms with Crippen LogP contribution in [-0.4, -0.2) is 0 Å². The maximum absolute atomic E-state index is 5.66. The third kappa shape index (κ3) is 2.52. The molecule has 0 N–H and O–H groups in total. The van der Waals surface area contributed by atoms with Crippen LogP contribution in [0.25, 0.3) is 11.5 Å². The monoisotopic (exact) mass is 203 g/mol. The number of unbranched alkanes of at least 4 members (excludes halogenated alkanes) is 2. The minimum Gasteiger partial charge on any atom is -0.461 e. The van der Waals surface area contributed by atoms with Gasteiger partial charge in [-0.1, -0.05) is 19.8 Å². The Balaban J connectivity index is 1.98. The van der Waals surface area contributed by atoms with Crippen molar-refractivity contribution in [1.29, 1.82) is 0 Å². The number of rotatable bonds is 5. The molecular formula is C13H15O2. The smallest absolute Gasteiger partial charge is 0.169 e. The maximum Gasteiger partial charge on any atom is 0.169 e. The number of hydrogen-bond donors (Lipinski definition) is 0. The molecule has 0 atom stereocenters. The van der Waals surface area contributed by atoms with E-state index in [1.165, 1.54) is 0 Å². The molecule has 2 aromatic heterocycles. The second-order valence-electron chi connectivity index (χ2n) is 3.55. The molecular weight excluding hydrogens is 188 g/mol.